The minimum Gasteiger partial charge on any atom is -0.321 e. The van der Waals surface area contributed by atoms with Crippen LogP contribution in [0.25, 0.3) is 39.3 Å². The Bertz CT molecular complexity index is 1660. The van der Waals surface area contributed by atoms with Gasteiger partial charge in [0, 0.05) is 22.8 Å². The molecule has 4 aromatic heterocycles. The molecule has 0 aliphatic carbocycles. The summed E-state index contributed by atoms with van der Waals surface area (Å²) in [6.07, 6.45) is 1.71. The quantitative estimate of drug-likeness (QED) is 0.426. The van der Waals surface area contributed by atoms with E-state index in [1.165, 1.54) is 0 Å². The average Bonchev–Trinajstić information content (AvgIpc) is 3.32. The molecule has 8 nitrogen and oxygen atoms in total. The van der Waals surface area contributed by atoms with E-state index in [4.69, 9.17) is 5.10 Å². The Morgan fingerprint density at radius 3 is 2.62 bits per heavy atom. The fourth-order valence-electron chi connectivity index (χ4n) is 3.74. The molecule has 1 N–H and O–H groups in total. The molecule has 0 radical (unpaired) electrons. The molecule has 0 aliphatic heterocycles. The van der Waals surface area contributed by atoms with E-state index in [9.17, 15) is 4.79 Å². The molecule has 0 unspecified atom stereocenters. The summed E-state index contributed by atoms with van der Waals surface area (Å²) < 4.78 is 1.67. The van der Waals surface area contributed by atoms with E-state index in [2.05, 4.69) is 25.5 Å². The van der Waals surface area contributed by atoms with Crippen LogP contribution < -0.4 is 5.32 Å². The summed E-state index contributed by atoms with van der Waals surface area (Å²) >= 11 is 0. The fraction of sp³-hybridized carbons (Fsp3) is 0. The molecule has 0 aliphatic rings. The molecule has 0 bridgehead atoms. The predicted octanol–water partition coefficient (Wildman–Crippen LogP) is 4.65. The van der Waals surface area contributed by atoms with E-state index < -0.39 is 0 Å². The second kappa shape index (κ2) is 8.18. The number of rotatable bonds is 4. The summed E-state index contributed by atoms with van der Waals surface area (Å²) in [5.74, 6) is 0.284. The van der Waals surface area contributed by atoms with Crippen molar-refractivity contribution in [3.8, 4) is 22.8 Å². The number of nitrogens with zero attached hydrogens (tertiary/aromatic N) is 6. The third-order valence-corrected chi connectivity index (χ3v) is 5.40. The van der Waals surface area contributed by atoms with E-state index >= 15 is 0 Å². The van der Waals surface area contributed by atoms with Crippen LogP contribution in [0.5, 0.6) is 0 Å². The third kappa shape index (κ3) is 3.63. The summed E-state index contributed by atoms with van der Waals surface area (Å²) in [6.45, 7) is 0. The van der Waals surface area contributed by atoms with Crippen LogP contribution in [-0.2, 0) is 0 Å². The van der Waals surface area contributed by atoms with Crippen LogP contribution in [0.3, 0.4) is 0 Å². The normalized spacial score (nSPS) is 11.1. The van der Waals surface area contributed by atoms with Gasteiger partial charge in [-0.25, -0.2) is 4.98 Å². The second-order valence-corrected chi connectivity index (χ2v) is 7.65. The number of benzene rings is 2. The number of hydrogen-bond donors (Lipinski definition) is 1. The number of carbonyl (C=O) groups excluding carboxylic acids is 1. The average molecular weight is 443 g/mol. The molecule has 34 heavy (non-hydrogen) atoms. The lowest BCUT2D eigenvalue weighted by Gasteiger charge is -2.08. The van der Waals surface area contributed by atoms with Gasteiger partial charge in [0.25, 0.3) is 5.91 Å². The molecule has 1 amide bonds. The lowest BCUT2D eigenvalue weighted by atomic mass is 10.1. The third-order valence-electron chi connectivity index (χ3n) is 5.40. The second-order valence-electron chi connectivity index (χ2n) is 7.65. The van der Waals surface area contributed by atoms with Crippen LogP contribution in [0, 0.1) is 0 Å². The Hall–Kier alpha value is -4.98. The smallest absolute Gasteiger partial charge is 0.274 e. The van der Waals surface area contributed by atoms with Crippen molar-refractivity contribution in [3.05, 3.63) is 103 Å². The van der Waals surface area contributed by atoms with Gasteiger partial charge in [0.1, 0.15) is 11.4 Å². The van der Waals surface area contributed by atoms with Crippen LogP contribution in [-0.4, -0.2) is 35.7 Å². The maximum atomic E-state index is 12.8. The van der Waals surface area contributed by atoms with Crippen LogP contribution in [0.4, 0.5) is 5.69 Å². The van der Waals surface area contributed by atoms with Crippen molar-refractivity contribution in [1.82, 2.24) is 29.8 Å². The van der Waals surface area contributed by atoms with Crippen LogP contribution in [0.2, 0.25) is 0 Å². The summed E-state index contributed by atoms with van der Waals surface area (Å²) in [6, 6.07) is 28.2. The van der Waals surface area contributed by atoms with Gasteiger partial charge >= 0.3 is 0 Å². The van der Waals surface area contributed by atoms with E-state index in [0.29, 0.717) is 34.2 Å². The number of pyridine rings is 2. The zero-order valence-corrected chi connectivity index (χ0v) is 17.8. The van der Waals surface area contributed by atoms with Gasteiger partial charge in [0.2, 0.25) is 5.82 Å². The maximum absolute atomic E-state index is 12.8. The molecular formula is C26H17N7O. The van der Waals surface area contributed by atoms with Gasteiger partial charge < -0.3 is 5.32 Å². The summed E-state index contributed by atoms with van der Waals surface area (Å²) in [5, 5.41) is 17.1. The monoisotopic (exact) mass is 443 g/mol. The number of nitrogens with one attached hydrogen (secondary N) is 1. The summed E-state index contributed by atoms with van der Waals surface area (Å²) in [4.78, 5) is 21.7. The predicted molar refractivity (Wildman–Crippen MR) is 129 cm³/mol. The molecule has 4 heterocycles. The first-order chi connectivity index (χ1) is 16.7. The highest BCUT2D eigenvalue weighted by Gasteiger charge is 2.13. The molecule has 0 saturated heterocycles. The first-order valence-corrected chi connectivity index (χ1v) is 10.7. The summed E-state index contributed by atoms with van der Waals surface area (Å²) in [7, 11) is 0. The molecule has 0 fully saturated rings. The van der Waals surface area contributed by atoms with Crippen molar-refractivity contribution in [2.45, 2.75) is 0 Å². The minimum atomic E-state index is -0.275. The van der Waals surface area contributed by atoms with Crippen molar-refractivity contribution in [2.24, 2.45) is 0 Å². The van der Waals surface area contributed by atoms with Gasteiger partial charge in [-0.3, -0.25) is 9.78 Å². The van der Waals surface area contributed by atoms with E-state index in [-0.39, 0.29) is 5.91 Å². The van der Waals surface area contributed by atoms with Crippen molar-refractivity contribution in [2.75, 3.05) is 5.32 Å². The number of amides is 1. The topological polar surface area (TPSA) is 98.0 Å². The van der Waals surface area contributed by atoms with E-state index in [0.717, 1.165) is 16.5 Å². The van der Waals surface area contributed by atoms with Crippen LogP contribution in [0.15, 0.2) is 97.2 Å². The SMILES string of the molecule is O=C(Nc1cccc(-c2ccc3nnc(-c4ccccn4)n3n2)c1)c1ccc2ccccc2n1. The molecule has 0 spiro atoms. The van der Waals surface area contributed by atoms with Gasteiger partial charge in [-0.15, -0.1) is 10.2 Å². The Morgan fingerprint density at radius 2 is 1.71 bits per heavy atom. The minimum absolute atomic E-state index is 0.275. The Labute approximate surface area is 194 Å². The van der Waals surface area contributed by atoms with E-state index in [1.807, 2.05) is 84.9 Å². The van der Waals surface area contributed by atoms with Gasteiger partial charge in [0.15, 0.2) is 5.65 Å². The van der Waals surface area contributed by atoms with Crippen molar-refractivity contribution in [1.29, 1.82) is 0 Å². The number of fused-ring (bicyclic) bond motifs is 2. The molecule has 8 heteroatoms. The standard InChI is InChI=1S/C26H17N7O/c34-26(23-12-11-17-6-1-2-9-20(17)29-23)28-19-8-5-7-18(16-19)21-13-14-24-30-31-25(33(24)32-21)22-10-3-4-15-27-22/h1-16H,(H,28,34). The number of hydrogen-bond acceptors (Lipinski definition) is 6. The highest BCUT2D eigenvalue weighted by atomic mass is 16.1. The fourth-order valence-corrected chi connectivity index (χ4v) is 3.74. The largest absolute Gasteiger partial charge is 0.321 e. The number of carbonyl (C=O) groups is 1. The number of para-hydroxylation sites is 1. The molecule has 6 aromatic rings. The molecule has 0 saturated carbocycles. The van der Waals surface area contributed by atoms with Gasteiger partial charge in [-0.1, -0.05) is 42.5 Å². The Morgan fingerprint density at radius 1 is 0.794 bits per heavy atom. The van der Waals surface area contributed by atoms with Gasteiger partial charge in [0.05, 0.1) is 11.2 Å². The highest BCUT2D eigenvalue weighted by molar-refractivity contribution is 6.04. The molecule has 2 aromatic carbocycles. The first kappa shape index (κ1) is 19.7. The lowest BCUT2D eigenvalue weighted by Crippen LogP contribution is -2.13. The van der Waals surface area contributed by atoms with Crippen molar-refractivity contribution in [3.63, 3.8) is 0 Å². The maximum Gasteiger partial charge on any atom is 0.274 e. The molecule has 6 rings (SSSR count). The van der Waals surface area contributed by atoms with Gasteiger partial charge in [-0.05, 0) is 48.5 Å². The Kier molecular flexibility index (Phi) is 4.73. The van der Waals surface area contributed by atoms with Crippen LogP contribution in [0.1, 0.15) is 10.5 Å². The van der Waals surface area contributed by atoms with E-state index in [1.54, 1.807) is 16.8 Å². The van der Waals surface area contributed by atoms with Crippen LogP contribution >= 0.6 is 0 Å². The number of anilines is 1. The number of aromatic nitrogens is 6. The highest BCUT2D eigenvalue weighted by Crippen LogP contribution is 2.23. The van der Waals surface area contributed by atoms with Crippen molar-refractivity contribution < 1.29 is 4.79 Å². The lowest BCUT2D eigenvalue weighted by molar-refractivity contribution is 0.102. The van der Waals surface area contributed by atoms with Crippen molar-refractivity contribution >= 4 is 28.1 Å². The Balaban J connectivity index is 1.31. The zero-order valence-electron chi connectivity index (χ0n) is 17.8. The zero-order chi connectivity index (χ0) is 22.9. The molecule has 0 atom stereocenters. The van der Waals surface area contributed by atoms with Gasteiger partial charge in [-0.2, -0.15) is 9.61 Å². The first-order valence-electron chi connectivity index (χ1n) is 10.7. The molecular weight excluding hydrogens is 426 g/mol. The summed E-state index contributed by atoms with van der Waals surface area (Å²) in [5.41, 5.74) is 4.64. The molecule has 162 valence electrons.